The van der Waals surface area contributed by atoms with Crippen LogP contribution in [0.1, 0.15) is 39.2 Å². The maximum Gasteiger partial charge on any atom is 0.410 e. The zero-order valence-electron chi connectivity index (χ0n) is 14.7. The Balaban J connectivity index is 1.59. The third-order valence-electron chi connectivity index (χ3n) is 4.54. The zero-order valence-corrected chi connectivity index (χ0v) is 14.7. The van der Waals surface area contributed by atoms with Gasteiger partial charge >= 0.3 is 6.09 Å². The van der Waals surface area contributed by atoms with Gasteiger partial charge in [0.05, 0.1) is 6.26 Å². The fourth-order valence-corrected chi connectivity index (χ4v) is 3.25. The number of carbonyl (C=O) groups is 1. The van der Waals surface area contributed by atoms with Gasteiger partial charge in [-0.1, -0.05) is 6.07 Å². The van der Waals surface area contributed by atoms with Gasteiger partial charge in [0.1, 0.15) is 11.2 Å². The Labute approximate surface area is 142 Å². The molecule has 24 heavy (non-hydrogen) atoms. The second-order valence-electron chi connectivity index (χ2n) is 7.59. The average molecular weight is 330 g/mol. The first kappa shape index (κ1) is 16.7. The van der Waals surface area contributed by atoms with E-state index < -0.39 is 5.60 Å². The van der Waals surface area contributed by atoms with Crippen molar-refractivity contribution in [3.05, 3.63) is 30.0 Å². The molecule has 1 aromatic carbocycles. The number of rotatable bonds is 2. The number of nitrogen functional groups attached to an aromatic ring is 1. The van der Waals surface area contributed by atoms with Gasteiger partial charge in [-0.2, -0.15) is 0 Å². The molecule has 1 aliphatic rings. The maximum absolute atomic E-state index is 12.1. The summed E-state index contributed by atoms with van der Waals surface area (Å²) in [6, 6.07) is 5.96. The van der Waals surface area contributed by atoms with Gasteiger partial charge in [-0.3, -0.25) is 0 Å². The molecular formula is C19H26N2O3. The summed E-state index contributed by atoms with van der Waals surface area (Å²) in [5.74, 6) is 0.537. The molecule has 3 rings (SSSR count). The van der Waals surface area contributed by atoms with Gasteiger partial charge in [0.15, 0.2) is 0 Å². The number of fused-ring (bicyclic) bond motifs is 1. The van der Waals surface area contributed by atoms with Gasteiger partial charge in [0, 0.05) is 24.2 Å². The minimum Gasteiger partial charge on any atom is -0.464 e. The molecular weight excluding hydrogens is 304 g/mol. The predicted molar refractivity (Wildman–Crippen MR) is 94.9 cm³/mol. The van der Waals surface area contributed by atoms with E-state index in [1.54, 1.807) is 6.26 Å². The lowest BCUT2D eigenvalue weighted by Crippen LogP contribution is -2.42. The zero-order chi connectivity index (χ0) is 17.3. The highest BCUT2D eigenvalue weighted by molar-refractivity contribution is 5.91. The number of anilines is 1. The number of piperidine rings is 1. The Morgan fingerprint density at radius 2 is 2.00 bits per heavy atom. The van der Waals surface area contributed by atoms with Gasteiger partial charge in [0.2, 0.25) is 0 Å². The highest BCUT2D eigenvalue weighted by Gasteiger charge is 2.27. The normalized spacial score (nSPS) is 16.5. The molecule has 130 valence electrons. The van der Waals surface area contributed by atoms with Crippen LogP contribution in [0.3, 0.4) is 0 Å². The molecule has 0 radical (unpaired) electrons. The number of furan rings is 1. The quantitative estimate of drug-likeness (QED) is 0.838. The minimum absolute atomic E-state index is 0.208. The van der Waals surface area contributed by atoms with E-state index in [4.69, 9.17) is 14.9 Å². The van der Waals surface area contributed by atoms with Crippen molar-refractivity contribution in [3.63, 3.8) is 0 Å². The smallest absolute Gasteiger partial charge is 0.410 e. The van der Waals surface area contributed by atoms with Crippen molar-refractivity contribution in [2.45, 2.75) is 45.6 Å². The van der Waals surface area contributed by atoms with Crippen molar-refractivity contribution in [2.24, 2.45) is 5.92 Å². The Kier molecular flexibility index (Phi) is 4.43. The van der Waals surface area contributed by atoms with Gasteiger partial charge in [0.25, 0.3) is 0 Å². The van der Waals surface area contributed by atoms with Gasteiger partial charge in [-0.05, 0) is 63.6 Å². The van der Waals surface area contributed by atoms with Crippen molar-refractivity contribution in [1.29, 1.82) is 0 Å². The van der Waals surface area contributed by atoms with Crippen molar-refractivity contribution >= 4 is 22.7 Å². The molecule has 2 N–H and O–H groups in total. The lowest BCUT2D eigenvalue weighted by Gasteiger charge is -2.33. The number of amides is 1. The van der Waals surface area contributed by atoms with Gasteiger partial charge in [-0.15, -0.1) is 0 Å². The van der Waals surface area contributed by atoms with E-state index in [0.29, 0.717) is 5.92 Å². The number of ether oxygens (including phenoxy) is 1. The molecule has 5 heteroatoms. The van der Waals surface area contributed by atoms with E-state index in [1.165, 1.54) is 5.56 Å². The van der Waals surface area contributed by atoms with Crippen molar-refractivity contribution in [1.82, 2.24) is 4.90 Å². The molecule has 1 saturated heterocycles. The largest absolute Gasteiger partial charge is 0.464 e. The van der Waals surface area contributed by atoms with Crippen LogP contribution >= 0.6 is 0 Å². The fourth-order valence-electron chi connectivity index (χ4n) is 3.25. The van der Waals surface area contributed by atoms with Crippen LogP contribution in [0.2, 0.25) is 0 Å². The Bertz CT molecular complexity index is 722. The summed E-state index contributed by atoms with van der Waals surface area (Å²) in [7, 11) is 0. The summed E-state index contributed by atoms with van der Waals surface area (Å²) in [5.41, 5.74) is 8.65. The topological polar surface area (TPSA) is 68.7 Å². The first-order chi connectivity index (χ1) is 11.3. The first-order valence-electron chi connectivity index (χ1n) is 8.56. The third-order valence-corrected chi connectivity index (χ3v) is 4.54. The second kappa shape index (κ2) is 6.38. The Morgan fingerprint density at radius 3 is 2.67 bits per heavy atom. The monoisotopic (exact) mass is 330 g/mol. The maximum atomic E-state index is 12.1. The Hall–Kier alpha value is -2.17. The number of nitrogens with zero attached hydrogens (tertiary/aromatic N) is 1. The summed E-state index contributed by atoms with van der Waals surface area (Å²) in [5, 5.41) is 0.985. The van der Waals surface area contributed by atoms with E-state index in [0.717, 1.165) is 49.0 Å². The molecule has 1 fully saturated rings. The van der Waals surface area contributed by atoms with Crippen molar-refractivity contribution in [3.8, 4) is 0 Å². The van der Waals surface area contributed by atoms with Crippen LogP contribution in [0.5, 0.6) is 0 Å². The number of hydrogen-bond donors (Lipinski definition) is 1. The molecule has 1 aromatic heterocycles. The summed E-state index contributed by atoms with van der Waals surface area (Å²) >= 11 is 0. The minimum atomic E-state index is -0.442. The summed E-state index contributed by atoms with van der Waals surface area (Å²) in [6.07, 6.45) is 4.35. The van der Waals surface area contributed by atoms with Crippen molar-refractivity contribution in [2.75, 3.05) is 18.8 Å². The molecule has 0 saturated carbocycles. The molecule has 0 aliphatic carbocycles. The second-order valence-corrected chi connectivity index (χ2v) is 7.59. The molecule has 0 atom stereocenters. The summed E-state index contributed by atoms with van der Waals surface area (Å²) in [6.45, 7) is 7.17. The SMILES string of the molecule is CC(C)(C)OC(=O)N1CCC(Cc2ccc3occc3c2N)CC1. The van der Waals surface area contributed by atoms with E-state index in [-0.39, 0.29) is 6.09 Å². The molecule has 0 bridgehead atoms. The lowest BCUT2D eigenvalue weighted by molar-refractivity contribution is 0.0184. The average Bonchev–Trinajstić information content (AvgIpc) is 2.98. The molecule has 5 nitrogen and oxygen atoms in total. The van der Waals surface area contributed by atoms with Crippen LogP contribution in [-0.4, -0.2) is 29.7 Å². The molecule has 1 amide bonds. The van der Waals surface area contributed by atoms with Crippen LogP contribution in [-0.2, 0) is 11.2 Å². The Morgan fingerprint density at radius 1 is 1.29 bits per heavy atom. The van der Waals surface area contributed by atoms with E-state index in [2.05, 4.69) is 6.07 Å². The highest BCUT2D eigenvalue weighted by Crippen LogP contribution is 2.30. The summed E-state index contributed by atoms with van der Waals surface area (Å²) in [4.78, 5) is 13.9. The van der Waals surface area contributed by atoms with Crippen LogP contribution < -0.4 is 5.73 Å². The van der Waals surface area contributed by atoms with Gasteiger partial charge in [-0.25, -0.2) is 4.79 Å². The van der Waals surface area contributed by atoms with Gasteiger partial charge < -0.3 is 19.8 Å². The molecule has 1 aliphatic heterocycles. The summed E-state index contributed by atoms with van der Waals surface area (Å²) < 4.78 is 10.8. The first-order valence-corrected chi connectivity index (χ1v) is 8.56. The molecule has 0 spiro atoms. The van der Waals surface area contributed by atoms with Crippen molar-refractivity contribution < 1.29 is 13.9 Å². The van der Waals surface area contributed by atoms with E-state index in [1.807, 2.05) is 37.8 Å². The molecule has 2 aromatic rings. The number of benzene rings is 1. The lowest BCUT2D eigenvalue weighted by atomic mass is 9.89. The van der Waals surface area contributed by atoms with E-state index >= 15 is 0 Å². The van der Waals surface area contributed by atoms with Crippen LogP contribution in [0, 0.1) is 5.92 Å². The third kappa shape index (κ3) is 3.66. The van der Waals surface area contributed by atoms with Crippen LogP contribution in [0.4, 0.5) is 10.5 Å². The number of hydrogen-bond acceptors (Lipinski definition) is 4. The van der Waals surface area contributed by atoms with E-state index in [9.17, 15) is 4.79 Å². The number of carbonyl (C=O) groups excluding carboxylic acids is 1. The highest BCUT2D eigenvalue weighted by atomic mass is 16.6. The van der Waals surface area contributed by atoms with Crippen LogP contribution in [0.15, 0.2) is 28.9 Å². The predicted octanol–water partition coefficient (Wildman–Crippen LogP) is 4.20. The molecule has 0 unspecified atom stereocenters. The standard InChI is InChI=1S/C19H26N2O3/c1-19(2,3)24-18(22)21-9-6-13(7-10-21)12-14-4-5-16-15(17(14)20)8-11-23-16/h4-5,8,11,13H,6-7,9-10,12,20H2,1-3H3. The molecule has 2 heterocycles. The fraction of sp³-hybridized carbons (Fsp3) is 0.526. The number of nitrogens with two attached hydrogens (primary N) is 1. The number of likely N-dealkylation sites (tertiary alicyclic amines) is 1. The van der Waals surface area contributed by atoms with Crippen LogP contribution in [0.25, 0.3) is 11.0 Å².